The van der Waals surface area contributed by atoms with Crippen molar-refractivity contribution in [1.82, 2.24) is 4.90 Å². The Morgan fingerprint density at radius 1 is 0.829 bits per heavy atom. The predicted molar refractivity (Wildman–Crippen MR) is 143 cm³/mol. The number of likely N-dealkylation sites (N-methyl/N-ethyl adjacent to an activating group) is 1. The van der Waals surface area contributed by atoms with Gasteiger partial charge in [-0.2, -0.15) is 0 Å². The van der Waals surface area contributed by atoms with E-state index in [1.165, 1.54) is 18.2 Å². The Morgan fingerprint density at radius 3 is 2.26 bits per heavy atom. The van der Waals surface area contributed by atoms with Crippen molar-refractivity contribution in [2.24, 2.45) is 0 Å². The molecule has 3 aromatic carbocycles. The lowest BCUT2D eigenvalue weighted by atomic mass is 10.1. The summed E-state index contributed by atoms with van der Waals surface area (Å²) < 4.78 is 0. The quantitative estimate of drug-likeness (QED) is 0.454. The number of nitrogens with zero attached hydrogens (tertiary/aromatic N) is 2. The van der Waals surface area contributed by atoms with Crippen LogP contribution in [0.4, 0.5) is 17.1 Å². The number of aromatic hydroxyl groups is 1. The number of phenols is 1. The summed E-state index contributed by atoms with van der Waals surface area (Å²) in [5, 5.41) is 15.6. The predicted octanol–water partition coefficient (Wildman–Crippen LogP) is 4.98. The molecule has 0 unspecified atom stereocenters. The SMILES string of the molecule is C.Cc1ccc(NC(=O)c2cc(O)ccc2NC(=O)c2ccc(N3CCCN(C)CC3)cc2)cc1. The van der Waals surface area contributed by atoms with Crippen molar-refractivity contribution in [3.63, 3.8) is 0 Å². The summed E-state index contributed by atoms with van der Waals surface area (Å²) in [7, 11) is 2.13. The number of rotatable bonds is 5. The molecule has 0 aromatic heterocycles. The molecule has 0 radical (unpaired) electrons. The molecule has 1 aliphatic rings. The van der Waals surface area contributed by atoms with Crippen LogP contribution in [-0.2, 0) is 0 Å². The molecule has 2 amide bonds. The fraction of sp³-hybridized carbons (Fsp3) is 0.286. The maximum absolute atomic E-state index is 12.9. The van der Waals surface area contributed by atoms with E-state index < -0.39 is 5.91 Å². The second kappa shape index (κ2) is 11.5. The number of anilines is 3. The second-order valence-corrected chi connectivity index (χ2v) is 8.69. The molecule has 4 rings (SSSR count). The van der Waals surface area contributed by atoms with Crippen LogP contribution in [0.1, 0.15) is 40.1 Å². The highest BCUT2D eigenvalue weighted by atomic mass is 16.3. The van der Waals surface area contributed by atoms with Crippen LogP contribution >= 0.6 is 0 Å². The van der Waals surface area contributed by atoms with Crippen LogP contribution in [0.5, 0.6) is 5.75 Å². The van der Waals surface area contributed by atoms with Crippen LogP contribution in [-0.4, -0.2) is 55.0 Å². The molecule has 1 heterocycles. The first kappa shape index (κ1) is 25.8. The third kappa shape index (κ3) is 6.61. The molecule has 1 fully saturated rings. The molecular formula is C28H34N4O3. The molecule has 7 heteroatoms. The highest BCUT2D eigenvalue weighted by Crippen LogP contribution is 2.24. The lowest BCUT2D eigenvalue weighted by Crippen LogP contribution is -2.28. The van der Waals surface area contributed by atoms with Gasteiger partial charge in [0.25, 0.3) is 11.8 Å². The molecule has 0 bridgehead atoms. The molecule has 7 nitrogen and oxygen atoms in total. The summed E-state index contributed by atoms with van der Waals surface area (Å²) in [5.74, 6) is -0.798. The van der Waals surface area contributed by atoms with E-state index in [0.29, 0.717) is 16.9 Å². The Bertz CT molecular complexity index is 1160. The van der Waals surface area contributed by atoms with Crippen molar-refractivity contribution in [3.05, 3.63) is 83.4 Å². The number of hydrogen-bond acceptors (Lipinski definition) is 5. The van der Waals surface area contributed by atoms with Gasteiger partial charge in [0.15, 0.2) is 0 Å². The summed E-state index contributed by atoms with van der Waals surface area (Å²) in [6.07, 6.45) is 1.10. The van der Waals surface area contributed by atoms with E-state index in [1.54, 1.807) is 24.3 Å². The van der Waals surface area contributed by atoms with Gasteiger partial charge in [0, 0.05) is 36.6 Å². The van der Waals surface area contributed by atoms with Gasteiger partial charge in [0.05, 0.1) is 11.3 Å². The molecule has 3 aromatic rings. The Hall–Kier alpha value is -3.84. The van der Waals surface area contributed by atoms with Crippen LogP contribution in [0.2, 0.25) is 0 Å². The smallest absolute Gasteiger partial charge is 0.257 e. The number of carbonyl (C=O) groups is 2. The average Bonchev–Trinajstić information content (AvgIpc) is 3.06. The lowest BCUT2D eigenvalue weighted by molar-refractivity contribution is 0.102. The minimum absolute atomic E-state index is 0. The topological polar surface area (TPSA) is 84.9 Å². The van der Waals surface area contributed by atoms with Crippen molar-refractivity contribution in [2.75, 3.05) is 48.8 Å². The van der Waals surface area contributed by atoms with Crippen molar-refractivity contribution >= 4 is 28.9 Å². The second-order valence-electron chi connectivity index (χ2n) is 8.69. The minimum atomic E-state index is -0.420. The molecule has 0 spiro atoms. The third-order valence-corrected chi connectivity index (χ3v) is 6.02. The number of benzene rings is 3. The van der Waals surface area contributed by atoms with Gasteiger partial charge in [0.1, 0.15) is 5.75 Å². The van der Waals surface area contributed by atoms with E-state index >= 15 is 0 Å². The standard InChI is InChI=1S/C27H30N4O3.CH4/c1-19-4-8-21(9-5-19)28-27(34)24-18-23(32)12-13-25(24)29-26(33)20-6-10-22(11-7-20)31-15-3-14-30(2)16-17-31;/h4-13,18,32H,3,14-17H2,1-2H3,(H,28,34)(H,29,33);1H4. The van der Waals surface area contributed by atoms with Gasteiger partial charge in [0.2, 0.25) is 0 Å². The summed E-state index contributed by atoms with van der Waals surface area (Å²) in [4.78, 5) is 30.5. The zero-order valence-electron chi connectivity index (χ0n) is 19.5. The van der Waals surface area contributed by atoms with Crippen molar-refractivity contribution < 1.29 is 14.7 Å². The molecule has 0 saturated carbocycles. The van der Waals surface area contributed by atoms with Crippen LogP contribution in [0.25, 0.3) is 0 Å². The van der Waals surface area contributed by atoms with Gasteiger partial charge >= 0.3 is 0 Å². The molecule has 0 atom stereocenters. The number of nitrogens with one attached hydrogen (secondary N) is 2. The largest absolute Gasteiger partial charge is 0.508 e. The molecule has 1 aliphatic heterocycles. The van der Waals surface area contributed by atoms with Gasteiger partial charge in [-0.15, -0.1) is 0 Å². The number of hydrogen-bond donors (Lipinski definition) is 3. The fourth-order valence-corrected chi connectivity index (χ4v) is 3.99. The summed E-state index contributed by atoms with van der Waals surface area (Å²) in [6, 6.07) is 19.2. The summed E-state index contributed by atoms with van der Waals surface area (Å²) in [5.41, 5.74) is 3.80. The Morgan fingerprint density at radius 2 is 1.54 bits per heavy atom. The van der Waals surface area contributed by atoms with Gasteiger partial charge < -0.3 is 25.5 Å². The van der Waals surface area contributed by atoms with E-state index in [0.717, 1.165) is 43.9 Å². The molecule has 3 N–H and O–H groups in total. The van der Waals surface area contributed by atoms with E-state index in [9.17, 15) is 14.7 Å². The number of aryl methyl sites for hydroxylation is 1. The zero-order valence-corrected chi connectivity index (χ0v) is 19.5. The van der Waals surface area contributed by atoms with Crippen LogP contribution in [0, 0.1) is 6.92 Å². The van der Waals surface area contributed by atoms with E-state index in [4.69, 9.17) is 0 Å². The Kier molecular flexibility index (Phi) is 8.49. The van der Waals surface area contributed by atoms with Crippen LogP contribution in [0.3, 0.4) is 0 Å². The highest BCUT2D eigenvalue weighted by Gasteiger charge is 2.17. The number of amides is 2. The average molecular weight is 475 g/mol. The normalized spacial score (nSPS) is 13.9. The molecule has 35 heavy (non-hydrogen) atoms. The Balaban J connectivity index is 0.00000342. The summed E-state index contributed by atoms with van der Waals surface area (Å²) >= 11 is 0. The molecule has 1 saturated heterocycles. The maximum Gasteiger partial charge on any atom is 0.257 e. The minimum Gasteiger partial charge on any atom is -0.508 e. The van der Waals surface area contributed by atoms with Gasteiger partial charge in [-0.25, -0.2) is 0 Å². The van der Waals surface area contributed by atoms with E-state index in [2.05, 4.69) is 27.5 Å². The monoisotopic (exact) mass is 474 g/mol. The third-order valence-electron chi connectivity index (χ3n) is 6.02. The Labute approximate surface area is 207 Å². The molecule has 184 valence electrons. The molecule has 0 aliphatic carbocycles. The van der Waals surface area contributed by atoms with Crippen molar-refractivity contribution in [1.29, 1.82) is 0 Å². The van der Waals surface area contributed by atoms with Crippen LogP contribution < -0.4 is 15.5 Å². The molecular weight excluding hydrogens is 440 g/mol. The van der Waals surface area contributed by atoms with Crippen molar-refractivity contribution in [2.45, 2.75) is 20.8 Å². The van der Waals surface area contributed by atoms with E-state index in [-0.39, 0.29) is 24.6 Å². The van der Waals surface area contributed by atoms with E-state index in [1.807, 2.05) is 31.2 Å². The van der Waals surface area contributed by atoms with Gasteiger partial charge in [-0.05, 0) is 81.5 Å². The number of phenolic OH excluding ortho intramolecular Hbond substituents is 1. The first-order chi connectivity index (χ1) is 16.4. The zero-order chi connectivity index (χ0) is 24.1. The van der Waals surface area contributed by atoms with Gasteiger partial charge in [-0.1, -0.05) is 25.1 Å². The first-order valence-corrected chi connectivity index (χ1v) is 11.4. The van der Waals surface area contributed by atoms with Gasteiger partial charge in [-0.3, -0.25) is 9.59 Å². The lowest BCUT2D eigenvalue weighted by Gasteiger charge is -2.23. The highest BCUT2D eigenvalue weighted by molar-refractivity contribution is 6.12. The van der Waals surface area contributed by atoms with Crippen LogP contribution in [0.15, 0.2) is 66.7 Å². The fourth-order valence-electron chi connectivity index (χ4n) is 3.99. The number of carbonyl (C=O) groups excluding carboxylic acids is 2. The van der Waals surface area contributed by atoms with Crippen molar-refractivity contribution in [3.8, 4) is 5.75 Å². The maximum atomic E-state index is 12.9. The summed E-state index contributed by atoms with van der Waals surface area (Å²) in [6.45, 7) is 6.01. The first-order valence-electron chi connectivity index (χ1n) is 11.4.